The third-order valence-electron chi connectivity index (χ3n) is 1.23. The number of aliphatic hydroxyl groups is 2. The van der Waals surface area contributed by atoms with Crippen molar-refractivity contribution in [2.24, 2.45) is 5.92 Å². The summed E-state index contributed by atoms with van der Waals surface area (Å²) >= 11 is 0. The third-order valence-corrected chi connectivity index (χ3v) is 1.23. The molecule has 0 saturated heterocycles. The molecule has 8 heavy (non-hydrogen) atoms. The van der Waals surface area contributed by atoms with Gasteiger partial charge in [-0.25, -0.2) is 0 Å². The summed E-state index contributed by atoms with van der Waals surface area (Å²) in [5.74, 6) is 0.0764. The van der Waals surface area contributed by atoms with Gasteiger partial charge in [-0.3, -0.25) is 0 Å². The predicted molar refractivity (Wildman–Crippen MR) is 32.3 cm³/mol. The molecule has 2 atom stereocenters. The van der Waals surface area contributed by atoms with Gasteiger partial charge in [0, 0.05) is 5.92 Å². The second-order valence-electron chi connectivity index (χ2n) is 2.16. The molecule has 0 radical (unpaired) electrons. The Morgan fingerprint density at radius 1 is 1.75 bits per heavy atom. The van der Waals surface area contributed by atoms with Crippen LogP contribution in [-0.2, 0) is 0 Å². The van der Waals surface area contributed by atoms with Gasteiger partial charge in [0.15, 0.2) is 6.29 Å². The van der Waals surface area contributed by atoms with Gasteiger partial charge in [0.2, 0.25) is 1.43 Å². The van der Waals surface area contributed by atoms with Gasteiger partial charge in [0.05, 0.1) is 0 Å². The Labute approximate surface area is 51.6 Å². The average molecular weight is 119 g/mol. The van der Waals surface area contributed by atoms with Crippen LogP contribution in [0.15, 0.2) is 0 Å². The van der Waals surface area contributed by atoms with E-state index >= 15 is 0 Å². The van der Waals surface area contributed by atoms with E-state index in [0.29, 0.717) is 0 Å². The molecule has 0 bridgehead atoms. The van der Waals surface area contributed by atoms with Crippen molar-refractivity contribution in [3.05, 3.63) is 0 Å². The van der Waals surface area contributed by atoms with E-state index in [1.807, 2.05) is 13.8 Å². The summed E-state index contributed by atoms with van der Waals surface area (Å²) in [6, 6.07) is 0. The summed E-state index contributed by atoms with van der Waals surface area (Å²) in [6.07, 6.45) is 1.01. The molecule has 2 N–H and O–H groups in total. The second kappa shape index (κ2) is 3.87. The van der Waals surface area contributed by atoms with Crippen molar-refractivity contribution in [3.8, 4) is 0 Å². The summed E-state index contributed by atoms with van der Waals surface area (Å²) in [7, 11) is 0. The maximum absolute atomic E-state index is 8.85. The molecule has 0 rings (SSSR count). The fourth-order valence-corrected chi connectivity index (χ4v) is 0.598. The van der Waals surface area contributed by atoms with E-state index in [0.717, 1.165) is 12.8 Å². The number of rotatable bonds is 4. The minimum absolute atomic E-state index is 0.0764. The van der Waals surface area contributed by atoms with Crippen LogP contribution in [0.25, 0.3) is 0 Å². The highest BCUT2D eigenvalue weighted by molar-refractivity contribution is 4.50. The molecule has 0 aliphatic carbocycles. The van der Waals surface area contributed by atoms with Crippen molar-refractivity contribution in [3.63, 3.8) is 0 Å². The van der Waals surface area contributed by atoms with Crippen molar-refractivity contribution in [2.45, 2.75) is 33.0 Å². The zero-order chi connectivity index (χ0) is 7.28. The van der Waals surface area contributed by atoms with Crippen LogP contribution in [0, 0.1) is 5.92 Å². The predicted octanol–water partition coefficient (Wildman–Crippen LogP) is 0.733. The molecular weight excluding hydrogens is 104 g/mol. The average Bonchev–Trinajstić information content (AvgIpc) is 1.87. The standard InChI is InChI=1S/C6H14O2/c1-3-4-5(2)6(7)8/h5-8H,3-4H2,1-2H3/i7D. The molecule has 0 fully saturated rings. The molecule has 0 aromatic rings. The normalized spacial score (nSPS) is 19.6. The Hall–Kier alpha value is -0.0800. The highest BCUT2D eigenvalue weighted by atomic mass is 16.5. The monoisotopic (exact) mass is 119 g/mol. The lowest BCUT2D eigenvalue weighted by atomic mass is 10.1. The molecule has 50 valence electrons. The van der Waals surface area contributed by atoms with Gasteiger partial charge in [-0.05, 0) is 6.42 Å². The topological polar surface area (TPSA) is 40.5 Å². The maximum Gasteiger partial charge on any atom is 0.213 e. The van der Waals surface area contributed by atoms with Gasteiger partial charge in [0.1, 0.15) is 0 Å². The number of hydrogen-bond donors (Lipinski definition) is 2. The summed E-state index contributed by atoms with van der Waals surface area (Å²) in [5, 5.41) is 12.8. The highest BCUT2D eigenvalue weighted by Crippen LogP contribution is 2.06. The van der Waals surface area contributed by atoms with Crippen molar-refractivity contribution in [1.29, 1.82) is 1.43 Å². The smallest absolute Gasteiger partial charge is 0.213 e. The van der Waals surface area contributed by atoms with Crippen LogP contribution >= 0.6 is 0 Å². The van der Waals surface area contributed by atoms with E-state index in [-0.39, 0.29) is 5.92 Å². The minimum Gasteiger partial charge on any atom is -0.368 e. The van der Waals surface area contributed by atoms with Crippen LogP contribution in [0.2, 0.25) is 0 Å². The van der Waals surface area contributed by atoms with Crippen molar-refractivity contribution in [2.75, 3.05) is 0 Å². The van der Waals surface area contributed by atoms with E-state index in [4.69, 9.17) is 6.54 Å². The SMILES string of the molecule is [2H]OC(O)C(C)CCC. The van der Waals surface area contributed by atoms with Crippen molar-refractivity contribution in [1.82, 2.24) is 0 Å². The summed E-state index contributed by atoms with van der Waals surface area (Å²) in [5.41, 5.74) is 0. The fourth-order valence-electron chi connectivity index (χ4n) is 0.598. The molecule has 2 nitrogen and oxygen atoms in total. The zero-order valence-electron chi connectivity index (χ0n) is 6.42. The molecule has 0 aromatic heterocycles. The largest absolute Gasteiger partial charge is 0.368 e. The van der Waals surface area contributed by atoms with Gasteiger partial charge in [-0.15, -0.1) is 0 Å². The second-order valence-corrected chi connectivity index (χ2v) is 2.16. The third kappa shape index (κ3) is 2.99. The summed E-state index contributed by atoms with van der Waals surface area (Å²) in [6.45, 7) is 3.90. The molecule has 2 heteroatoms. The van der Waals surface area contributed by atoms with Crippen molar-refractivity contribution >= 4 is 0 Å². The van der Waals surface area contributed by atoms with Gasteiger partial charge in [-0.2, -0.15) is 0 Å². The zero-order valence-corrected chi connectivity index (χ0v) is 5.42. The maximum atomic E-state index is 8.85. The molecule has 0 aliphatic rings. The summed E-state index contributed by atoms with van der Waals surface area (Å²) in [4.78, 5) is 0. The molecular formula is C6H14O2. The minimum atomic E-state index is -0.912. The molecule has 0 amide bonds. The summed E-state index contributed by atoms with van der Waals surface area (Å²) < 4.78 is 6.37. The Morgan fingerprint density at radius 2 is 2.38 bits per heavy atom. The van der Waals surface area contributed by atoms with Gasteiger partial charge in [-0.1, -0.05) is 20.3 Å². The van der Waals surface area contributed by atoms with Crippen LogP contribution in [0.5, 0.6) is 0 Å². The van der Waals surface area contributed by atoms with Crippen LogP contribution < -0.4 is 0 Å². The van der Waals surface area contributed by atoms with Crippen LogP contribution in [0.4, 0.5) is 0 Å². The lowest BCUT2D eigenvalue weighted by Crippen LogP contribution is -2.15. The van der Waals surface area contributed by atoms with E-state index in [1.165, 1.54) is 0 Å². The van der Waals surface area contributed by atoms with E-state index in [2.05, 4.69) is 5.11 Å². The Kier molecular flexibility index (Phi) is 2.92. The Bertz CT molecular complexity index is 68.1. The molecule has 0 heterocycles. The Balaban J connectivity index is 3.32. The molecule has 0 aromatic carbocycles. The van der Waals surface area contributed by atoms with E-state index < -0.39 is 6.29 Å². The first kappa shape index (κ1) is 6.05. The molecule has 0 aliphatic heterocycles. The number of aliphatic hydroxyl groups excluding tert-OH is 1. The van der Waals surface area contributed by atoms with Gasteiger partial charge >= 0.3 is 0 Å². The first-order valence-corrected chi connectivity index (χ1v) is 3.02. The Morgan fingerprint density at radius 3 is 2.75 bits per heavy atom. The molecule has 2 unspecified atom stereocenters. The van der Waals surface area contributed by atoms with Crippen LogP contribution in [0.3, 0.4) is 0 Å². The quantitative estimate of drug-likeness (QED) is 0.536. The lowest BCUT2D eigenvalue weighted by Gasteiger charge is -2.10. The van der Waals surface area contributed by atoms with Gasteiger partial charge in [0.25, 0.3) is 0 Å². The van der Waals surface area contributed by atoms with E-state index in [1.54, 1.807) is 0 Å². The van der Waals surface area contributed by atoms with Crippen molar-refractivity contribution < 1.29 is 10.2 Å². The highest BCUT2D eigenvalue weighted by Gasteiger charge is 2.07. The van der Waals surface area contributed by atoms with E-state index in [9.17, 15) is 0 Å². The number of hydrogen-bond acceptors (Lipinski definition) is 2. The lowest BCUT2D eigenvalue weighted by molar-refractivity contribution is -0.0804. The van der Waals surface area contributed by atoms with Crippen LogP contribution in [-0.4, -0.2) is 17.9 Å². The van der Waals surface area contributed by atoms with Crippen LogP contribution in [0.1, 0.15) is 26.7 Å². The van der Waals surface area contributed by atoms with Gasteiger partial charge < -0.3 is 10.2 Å². The first-order chi connectivity index (χ1) is 4.22. The first-order valence-electron chi connectivity index (χ1n) is 3.43. The molecule has 0 spiro atoms. The fraction of sp³-hybridized carbons (Fsp3) is 1.00. The molecule has 0 saturated carbocycles.